The van der Waals surface area contributed by atoms with Crippen molar-refractivity contribution in [2.75, 3.05) is 6.61 Å². The predicted octanol–water partition coefficient (Wildman–Crippen LogP) is 2.79. The standard InChI is InChI=1S/C16H17NO2S2/c18-9-2-4-13-8-11-21-15(13)12-17-16(19)7-1-5-14-6-3-10-20-14/h3,6,8,10-11,18H,1,5,7,9,12H2,(H,17,19). The number of thiophene rings is 2. The van der Waals surface area contributed by atoms with Crippen molar-refractivity contribution >= 4 is 28.6 Å². The van der Waals surface area contributed by atoms with Crippen molar-refractivity contribution < 1.29 is 9.90 Å². The Kier molecular flexibility index (Phi) is 6.48. The molecule has 0 saturated heterocycles. The second-order valence-electron chi connectivity index (χ2n) is 4.43. The molecule has 0 bridgehead atoms. The molecule has 0 aliphatic rings. The van der Waals surface area contributed by atoms with E-state index in [4.69, 9.17) is 5.11 Å². The molecule has 0 aliphatic carbocycles. The lowest BCUT2D eigenvalue weighted by molar-refractivity contribution is -0.121. The van der Waals surface area contributed by atoms with E-state index in [0.717, 1.165) is 23.3 Å². The lowest BCUT2D eigenvalue weighted by Crippen LogP contribution is -2.22. The Morgan fingerprint density at radius 1 is 1.29 bits per heavy atom. The van der Waals surface area contributed by atoms with Gasteiger partial charge in [-0.1, -0.05) is 17.9 Å². The minimum Gasteiger partial charge on any atom is -0.384 e. The minimum atomic E-state index is -0.148. The largest absolute Gasteiger partial charge is 0.384 e. The highest BCUT2D eigenvalue weighted by Crippen LogP contribution is 2.16. The highest BCUT2D eigenvalue weighted by Gasteiger charge is 2.05. The van der Waals surface area contributed by atoms with Crippen LogP contribution in [0.1, 0.15) is 28.2 Å². The summed E-state index contributed by atoms with van der Waals surface area (Å²) in [6, 6.07) is 6.04. The minimum absolute atomic E-state index is 0.0704. The molecule has 0 unspecified atom stereocenters. The maximum Gasteiger partial charge on any atom is 0.220 e. The van der Waals surface area contributed by atoms with E-state index in [1.165, 1.54) is 4.88 Å². The maximum atomic E-state index is 11.8. The van der Waals surface area contributed by atoms with E-state index in [0.29, 0.717) is 13.0 Å². The Bertz CT molecular complexity index is 620. The van der Waals surface area contributed by atoms with E-state index >= 15 is 0 Å². The van der Waals surface area contributed by atoms with Gasteiger partial charge in [-0.2, -0.15) is 0 Å². The average molecular weight is 319 g/mol. The van der Waals surface area contributed by atoms with Crippen LogP contribution in [0.5, 0.6) is 0 Å². The molecule has 2 aromatic rings. The zero-order chi connectivity index (χ0) is 14.9. The van der Waals surface area contributed by atoms with E-state index in [9.17, 15) is 4.79 Å². The van der Waals surface area contributed by atoms with Gasteiger partial charge in [0.1, 0.15) is 6.61 Å². The fraction of sp³-hybridized carbons (Fsp3) is 0.312. The molecule has 2 N–H and O–H groups in total. The summed E-state index contributed by atoms with van der Waals surface area (Å²) >= 11 is 3.30. The van der Waals surface area contributed by atoms with Crippen molar-refractivity contribution in [2.24, 2.45) is 0 Å². The number of amides is 1. The van der Waals surface area contributed by atoms with Gasteiger partial charge in [-0.15, -0.1) is 22.7 Å². The number of aryl methyl sites for hydroxylation is 1. The van der Waals surface area contributed by atoms with E-state index in [1.807, 2.05) is 17.5 Å². The normalized spacial score (nSPS) is 9.95. The Morgan fingerprint density at radius 3 is 2.95 bits per heavy atom. The first-order chi connectivity index (χ1) is 10.3. The summed E-state index contributed by atoms with van der Waals surface area (Å²) < 4.78 is 0. The van der Waals surface area contributed by atoms with Gasteiger partial charge in [0.15, 0.2) is 0 Å². The van der Waals surface area contributed by atoms with Gasteiger partial charge in [0, 0.05) is 21.7 Å². The molecule has 2 aromatic heterocycles. The molecule has 3 nitrogen and oxygen atoms in total. The molecule has 0 aliphatic heterocycles. The van der Waals surface area contributed by atoms with Crippen LogP contribution in [0.25, 0.3) is 0 Å². The van der Waals surface area contributed by atoms with Gasteiger partial charge in [0.05, 0.1) is 6.54 Å². The van der Waals surface area contributed by atoms with E-state index in [2.05, 4.69) is 28.6 Å². The van der Waals surface area contributed by atoms with Crippen LogP contribution in [0.15, 0.2) is 29.0 Å². The topological polar surface area (TPSA) is 49.3 Å². The molecule has 0 atom stereocenters. The van der Waals surface area contributed by atoms with Gasteiger partial charge >= 0.3 is 0 Å². The van der Waals surface area contributed by atoms with Crippen molar-refractivity contribution in [3.8, 4) is 11.8 Å². The molecule has 2 heterocycles. The maximum absolute atomic E-state index is 11.8. The highest BCUT2D eigenvalue weighted by molar-refractivity contribution is 7.10. The van der Waals surface area contributed by atoms with Crippen LogP contribution >= 0.6 is 22.7 Å². The Hall–Kier alpha value is -1.61. The van der Waals surface area contributed by atoms with Crippen LogP contribution < -0.4 is 5.32 Å². The van der Waals surface area contributed by atoms with Crippen molar-refractivity contribution in [1.29, 1.82) is 0 Å². The molecule has 0 aromatic carbocycles. The van der Waals surface area contributed by atoms with Crippen LogP contribution in [-0.4, -0.2) is 17.6 Å². The molecular formula is C16H17NO2S2. The van der Waals surface area contributed by atoms with Gasteiger partial charge < -0.3 is 10.4 Å². The predicted molar refractivity (Wildman–Crippen MR) is 87.4 cm³/mol. The summed E-state index contributed by atoms with van der Waals surface area (Å²) in [7, 11) is 0. The lowest BCUT2D eigenvalue weighted by atomic mass is 10.2. The van der Waals surface area contributed by atoms with E-state index in [1.54, 1.807) is 22.7 Å². The third-order valence-electron chi connectivity index (χ3n) is 2.90. The van der Waals surface area contributed by atoms with Crippen LogP contribution in [-0.2, 0) is 17.8 Å². The molecule has 0 saturated carbocycles. The number of carbonyl (C=O) groups is 1. The van der Waals surface area contributed by atoms with Crippen LogP contribution in [0.3, 0.4) is 0 Å². The monoisotopic (exact) mass is 319 g/mol. The molecule has 0 fully saturated rings. The molecule has 2 rings (SSSR count). The summed E-state index contributed by atoms with van der Waals surface area (Å²) in [4.78, 5) is 14.2. The second kappa shape index (κ2) is 8.63. The first kappa shape index (κ1) is 15.8. The van der Waals surface area contributed by atoms with Crippen LogP contribution in [0.4, 0.5) is 0 Å². The fourth-order valence-electron chi connectivity index (χ4n) is 1.87. The molecule has 0 radical (unpaired) electrons. The van der Waals surface area contributed by atoms with Crippen LogP contribution in [0, 0.1) is 11.8 Å². The molecular weight excluding hydrogens is 302 g/mol. The zero-order valence-electron chi connectivity index (χ0n) is 11.6. The third kappa shape index (κ3) is 5.35. The van der Waals surface area contributed by atoms with Crippen molar-refractivity contribution in [1.82, 2.24) is 5.32 Å². The highest BCUT2D eigenvalue weighted by atomic mass is 32.1. The average Bonchev–Trinajstić information content (AvgIpc) is 3.14. The first-order valence-electron chi connectivity index (χ1n) is 6.75. The Balaban J connectivity index is 1.72. The van der Waals surface area contributed by atoms with Crippen molar-refractivity contribution in [3.63, 3.8) is 0 Å². The van der Waals surface area contributed by atoms with Gasteiger partial charge in [-0.25, -0.2) is 0 Å². The van der Waals surface area contributed by atoms with E-state index < -0.39 is 0 Å². The summed E-state index contributed by atoms with van der Waals surface area (Å²) in [5.41, 5.74) is 0.882. The Morgan fingerprint density at radius 2 is 2.19 bits per heavy atom. The zero-order valence-corrected chi connectivity index (χ0v) is 13.2. The van der Waals surface area contributed by atoms with Gasteiger partial charge in [0.25, 0.3) is 0 Å². The fourth-order valence-corrected chi connectivity index (χ4v) is 3.39. The van der Waals surface area contributed by atoms with Crippen molar-refractivity contribution in [3.05, 3.63) is 44.3 Å². The molecule has 1 amide bonds. The van der Waals surface area contributed by atoms with Crippen LogP contribution in [0.2, 0.25) is 0 Å². The summed E-state index contributed by atoms with van der Waals surface area (Å²) in [5, 5.41) is 15.6. The third-order valence-corrected chi connectivity index (χ3v) is 4.76. The number of carbonyl (C=O) groups excluding carboxylic acids is 1. The number of aliphatic hydroxyl groups is 1. The van der Waals surface area contributed by atoms with Gasteiger partial charge in [-0.05, 0) is 35.7 Å². The molecule has 5 heteroatoms. The summed E-state index contributed by atoms with van der Waals surface area (Å²) in [6.45, 7) is 0.356. The van der Waals surface area contributed by atoms with Gasteiger partial charge in [-0.3, -0.25) is 4.79 Å². The SMILES string of the molecule is O=C(CCCc1cccs1)NCc1sccc1C#CCO. The number of hydrogen-bond donors (Lipinski definition) is 2. The Labute approximate surface area is 132 Å². The lowest BCUT2D eigenvalue weighted by Gasteiger charge is -2.04. The summed E-state index contributed by atoms with van der Waals surface area (Å²) in [6.07, 6.45) is 2.37. The molecule has 0 spiro atoms. The van der Waals surface area contributed by atoms with Crippen molar-refractivity contribution in [2.45, 2.75) is 25.8 Å². The second-order valence-corrected chi connectivity index (χ2v) is 6.46. The summed E-state index contributed by atoms with van der Waals surface area (Å²) in [5.74, 6) is 5.59. The number of hydrogen-bond acceptors (Lipinski definition) is 4. The molecule has 110 valence electrons. The quantitative estimate of drug-likeness (QED) is 0.804. The number of aliphatic hydroxyl groups excluding tert-OH is 1. The smallest absolute Gasteiger partial charge is 0.220 e. The molecule has 21 heavy (non-hydrogen) atoms. The number of rotatable bonds is 6. The van der Waals surface area contributed by atoms with E-state index in [-0.39, 0.29) is 12.5 Å². The number of nitrogens with one attached hydrogen (secondary N) is 1. The van der Waals surface area contributed by atoms with Gasteiger partial charge in [0.2, 0.25) is 5.91 Å². The first-order valence-corrected chi connectivity index (χ1v) is 8.50.